The number of hydrogen-bond donors (Lipinski definition) is 0. The van der Waals surface area contributed by atoms with Crippen LogP contribution in [0.4, 0.5) is 0 Å². The SMILES string of the molecule is CCC(=O)ON(C#N)CCc1ccccc1. The van der Waals surface area contributed by atoms with Crippen LogP contribution in [0.15, 0.2) is 30.3 Å². The second-order valence-electron chi connectivity index (χ2n) is 3.25. The number of nitriles is 1. The Balaban J connectivity index is 2.41. The second-order valence-corrected chi connectivity index (χ2v) is 3.25. The van der Waals surface area contributed by atoms with Crippen LogP contribution in [0.5, 0.6) is 0 Å². The number of benzene rings is 1. The molecule has 0 aliphatic carbocycles. The molecule has 0 aromatic heterocycles. The Labute approximate surface area is 95.0 Å². The standard InChI is InChI=1S/C12H14N2O2/c1-2-12(15)16-14(10-13)9-8-11-6-4-3-5-7-11/h3-7H,2,8-9H2,1H3. The molecule has 0 N–H and O–H groups in total. The predicted molar refractivity (Wildman–Crippen MR) is 58.8 cm³/mol. The minimum absolute atomic E-state index is 0.267. The zero-order valence-corrected chi connectivity index (χ0v) is 9.22. The highest BCUT2D eigenvalue weighted by atomic mass is 16.7. The minimum atomic E-state index is -0.394. The van der Waals surface area contributed by atoms with Gasteiger partial charge < -0.3 is 4.84 Å². The maximum atomic E-state index is 11.0. The molecule has 0 saturated heterocycles. The third-order valence-corrected chi connectivity index (χ3v) is 2.06. The largest absolute Gasteiger partial charge is 0.333 e. The molecule has 4 heteroatoms. The molecule has 0 bridgehead atoms. The summed E-state index contributed by atoms with van der Waals surface area (Å²) in [6.45, 7) is 2.07. The van der Waals surface area contributed by atoms with Crippen LogP contribution in [0, 0.1) is 11.5 Å². The van der Waals surface area contributed by atoms with E-state index < -0.39 is 5.97 Å². The van der Waals surface area contributed by atoms with E-state index in [1.807, 2.05) is 36.5 Å². The van der Waals surface area contributed by atoms with E-state index in [1.165, 1.54) is 0 Å². The summed E-state index contributed by atoms with van der Waals surface area (Å²) in [5, 5.41) is 9.76. The second kappa shape index (κ2) is 6.46. The van der Waals surface area contributed by atoms with Crippen LogP contribution in [0.1, 0.15) is 18.9 Å². The smallest absolute Gasteiger partial charge is 0.331 e. The fourth-order valence-electron chi connectivity index (χ4n) is 1.18. The highest BCUT2D eigenvalue weighted by molar-refractivity contribution is 5.68. The van der Waals surface area contributed by atoms with Crippen LogP contribution in [0.25, 0.3) is 0 Å². The van der Waals surface area contributed by atoms with Gasteiger partial charge in [-0.25, -0.2) is 4.79 Å². The van der Waals surface area contributed by atoms with Crippen LogP contribution in [-0.2, 0) is 16.1 Å². The maximum absolute atomic E-state index is 11.0. The quantitative estimate of drug-likeness (QED) is 0.430. The summed E-state index contributed by atoms with van der Waals surface area (Å²) >= 11 is 0. The lowest BCUT2D eigenvalue weighted by atomic mass is 10.1. The molecule has 0 aliphatic rings. The molecule has 84 valence electrons. The van der Waals surface area contributed by atoms with Gasteiger partial charge in [-0.05, 0) is 12.0 Å². The van der Waals surface area contributed by atoms with Gasteiger partial charge in [0, 0.05) is 6.42 Å². The molecule has 4 nitrogen and oxygen atoms in total. The summed E-state index contributed by atoms with van der Waals surface area (Å²) in [5.41, 5.74) is 1.11. The van der Waals surface area contributed by atoms with Crippen molar-refractivity contribution in [2.75, 3.05) is 6.54 Å². The first-order valence-electron chi connectivity index (χ1n) is 5.18. The van der Waals surface area contributed by atoms with Crippen molar-refractivity contribution < 1.29 is 9.63 Å². The van der Waals surface area contributed by atoms with Gasteiger partial charge in [-0.3, -0.25) is 0 Å². The summed E-state index contributed by atoms with van der Waals surface area (Å²) in [4.78, 5) is 15.8. The number of carbonyl (C=O) groups is 1. The fourth-order valence-corrected chi connectivity index (χ4v) is 1.18. The molecule has 0 radical (unpaired) electrons. The molecule has 0 aliphatic heterocycles. The van der Waals surface area contributed by atoms with Gasteiger partial charge in [-0.1, -0.05) is 37.3 Å². The van der Waals surface area contributed by atoms with Crippen LogP contribution in [0.3, 0.4) is 0 Å². The number of nitrogens with zero attached hydrogens (tertiary/aromatic N) is 2. The van der Waals surface area contributed by atoms with Crippen molar-refractivity contribution in [2.45, 2.75) is 19.8 Å². The average Bonchev–Trinajstić information content (AvgIpc) is 2.35. The first-order valence-corrected chi connectivity index (χ1v) is 5.18. The predicted octanol–water partition coefficient (Wildman–Crippen LogP) is 1.88. The number of hydrogen-bond acceptors (Lipinski definition) is 4. The molecular weight excluding hydrogens is 204 g/mol. The molecule has 1 rings (SSSR count). The van der Waals surface area contributed by atoms with E-state index in [9.17, 15) is 4.79 Å². The Kier molecular flexibility index (Phi) is 4.87. The van der Waals surface area contributed by atoms with E-state index in [-0.39, 0.29) is 6.42 Å². The number of hydroxylamine groups is 2. The molecular formula is C12H14N2O2. The first-order chi connectivity index (χ1) is 7.76. The van der Waals surface area contributed by atoms with Gasteiger partial charge in [0.1, 0.15) is 0 Å². The van der Waals surface area contributed by atoms with E-state index in [1.54, 1.807) is 6.92 Å². The van der Waals surface area contributed by atoms with Gasteiger partial charge in [0.2, 0.25) is 6.19 Å². The van der Waals surface area contributed by atoms with E-state index in [0.717, 1.165) is 10.6 Å². The lowest BCUT2D eigenvalue weighted by Crippen LogP contribution is -2.24. The summed E-state index contributed by atoms with van der Waals surface area (Å²) < 4.78 is 0. The Morgan fingerprint density at radius 2 is 2.12 bits per heavy atom. The van der Waals surface area contributed by atoms with Crippen LogP contribution in [-0.4, -0.2) is 17.6 Å². The third kappa shape index (κ3) is 4.01. The van der Waals surface area contributed by atoms with Gasteiger partial charge in [-0.15, -0.1) is 5.06 Å². The summed E-state index contributed by atoms with van der Waals surface area (Å²) in [6, 6.07) is 9.74. The maximum Gasteiger partial charge on any atom is 0.333 e. The Morgan fingerprint density at radius 1 is 1.44 bits per heavy atom. The summed E-state index contributed by atoms with van der Waals surface area (Å²) in [5.74, 6) is -0.394. The van der Waals surface area contributed by atoms with Gasteiger partial charge in [0.05, 0.1) is 6.54 Å². The zero-order valence-electron chi connectivity index (χ0n) is 9.22. The minimum Gasteiger partial charge on any atom is -0.331 e. The van der Waals surface area contributed by atoms with E-state index >= 15 is 0 Å². The molecule has 0 amide bonds. The van der Waals surface area contributed by atoms with Crippen molar-refractivity contribution in [3.8, 4) is 6.19 Å². The van der Waals surface area contributed by atoms with Crippen LogP contribution in [0.2, 0.25) is 0 Å². The van der Waals surface area contributed by atoms with Gasteiger partial charge in [-0.2, -0.15) is 5.26 Å². The molecule has 0 unspecified atom stereocenters. The Morgan fingerprint density at radius 3 is 2.69 bits per heavy atom. The number of carbonyl (C=O) groups excluding carboxylic acids is 1. The van der Waals surface area contributed by atoms with Crippen LogP contribution < -0.4 is 0 Å². The molecule has 0 heterocycles. The molecule has 0 fully saturated rings. The third-order valence-electron chi connectivity index (χ3n) is 2.06. The molecule has 0 spiro atoms. The Hall–Kier alpha value is -2.02. The van der Waals surface area contributed by atoms with E-state index in [0.29, 0.717) is 13.0 Å². The normalized spacial score (nSPS) is 9.25. The van der Waals surface area contributed by atoms with Gasteiger partial charge >= 0.3 is 5.97 Å². The van der Waals surface area contributed by atoms with Crippen molar-refractivity contribution in [1.29, 1.82) is 5.26 Å². The fraction of sp³-hybridized carbons (Fsp3) is 0.333. The molecule has 0 atom stereocenters. The molecule has 16 heavy (non-hydrogen) atoms. The number of rotatable bonds is 5. The highest BCUT2D eigenvalue weighted by Gasteiger charge is 2.07. The molecule has 1 aromatic carbocycles. The topological polar surface area (TPSA) is 53.3 Å². The average molecular weight is 218 g/mol. The van der Waals surface area contributed by atoms with E-state index in [2.05, 4.69) is 0 Å². The molecule has 0 saturated carbocycles. The van der Waals surface area contributed by atoms with Crippen molar-refractivity contribution in [1.82, 2.24) is 5.06 Å². The monoisotopic (exact) mass is 218 g/mol. The zero-order chi connectivity index (χ0) is 11.8. The van der Waals surface area contributed by atoms with E-state index in [4.69, 9.17) is 10.1 Å². The van der Waals surface area contributed by atoms with Crippen LogP contribution >= 0.6 is 0 Å². The highest BCUT2D eigenvalue weighted by Crippen LogP contribution is 2.02. The lowest BCUT2D eigenvalue weighted by molar-refractivity contribution is -0.175. The van der Waals surface area contributed by atoms with Crippen molar-refractivity contribution >= 4 is 5.97 Å². The summed E-state index contributed by atoms with van der Waals surface area (Å²) in [7, 11) is 0. The van der Waals surface area contributed by atoms with Gasteiger partial charge in [0.25, 0.3) is 0 Å². The van der Waals surface area contributed by atoms with Crippen molar-refractivity contribution in [3.63, 3.8) is 0 Å². The Bertz CT molecular complexity index is 370. The lowest BCUT2D eigenvalue weighted by Gasteiger charge is -2.13. The van der Waals surface area contributed by atoms with Crippen molar-refractivity contribution in [3.05, 3.63) is 35.9 Å². The summed E-state index contributed by atoms with van der Waals surface area (Å²) in [6.07, 6.45) is 2.77. The molecule has 1 aromatic rings. The van der Waals surface area contributed by atoms with Crippen molar-refractivity contribution in [2.24, 2.45) is 0 Å². The first kappa shape index (κ1) is 12.1. The van der Waals surface area contributed by atoms with Gasteiger partial charge in [0.15, 0.2) is 0 Å².